The average Bonchev–Trinajstić information content (AvgIpc) is 3.01. The number of hydrogen-bond donors (Lipinski definition) is 2. The zero-order chi connectivity index (χ0) is 16.2. The van der Waals surface area contributed by atoms with Crippen LogP contribution in [0, 0.1) is 13.8 Å². The fourth-order valence-electron chi connectivity index (χ4n) is 2.66. The van der Waals surface area contributed by atoms with Gasteiger partial charge in [-0.3, -0.25) is 4.79 Å². The van der Waals surface area contributed by atoms with Crippen molar-refractivity contribution < 1.29 is 9.53 Å². The number of ether oxygens (including phenoxy) is 1. The molecule has 2 aromatic rings. The Hall–Kier alpha value is -2.04. The van der Waals surface area contributed by atoms with Gasteiger partial charge in [-0.25, -0.2) is 0 Å². The summed E-state index contributed by atoms with van der Waals surface area (Å²) in [6, 6.07) is 12.2. The Labute approximate surface area is 149 Å². The van der Waals surface area contributed by atoms with Crippen LogP contribution in [0.1, 0.15) is 27.8 Å². The van der Waals surface area contributed by atoms with E-state index in [-0.39, 0.29) is 24.9 Å². The van der Waals surface area contributed by atoms with Gasteiger partial charge in [0.1, 0.15) is 5.75 Å². The Kier molecular flexibility index (Phi) is 6.23. The first-order chi connectivity index (χ1) is 11.1. The number of hydrogen-bond acceptors (Lipinski definition) is 3. The second-order valence-corrected chi connectivity index (χ2v) is 6.02. The largest absolute Gasteiger partial charge is 0.484 e. The van der Waals surface area contributed by atoms with Crippen LogP contribution in [0.25, 0.3) is 0 Å². The molecule has 0 spiro atoms. The van der Waals surface area contributed by atoms with E-state index in [9.17, 15) is 4.79 Å². The van der Waals surface area contributed by atoms with E-state index in [1.165, 1.54) is 16.7 Å². The molecule has 0 aromatic heterocycles. The molecule has 1 aliphatic rings. The topological polar surface area (TPSA) is 50.4 Å². The smallest absolute Gasteiger partial charge is 0.258 e. The van der Waals surface area contributed by atoms with Crippen LogP contribution in [0.5, 0.6) is 5.75 Å². The Bertz CT molecular complexity index is 731. The molecule has 2 aromatic carbocycles. The summed E-state index contributed by atoms with van der Waals surface area (Å²) in [5.74, 6) is 0.619. The molecule has 0 fully saturated rings. The first kappa shape index (κ1) is 18.3. The van der Waals surface area contributed by atoms with E-state index in [0.717, 1.165) is 30.0 Å². The lowest BCUT2D eigenvalue weighted by Crippen LogP contribution is -2.28. The Balaban J connectivity index is 0.00000208. The van der Waals surface area contributed by atoms with E-state index >= 15 is 0 Å². The van der Waals surface area contributed by atoms with Crippen LogP contribution in [0.2, 0.25) is 0 Å². The maximum absolute atomic E-state index is 11.9. The van der Waals surface area contributed by atoms with E-state index in [1.807, 2.05) is 25.1 Å². The lowest BCUT2D eigenvalue weighted by atomic mass is 10.1. The second kappa shape index (κ2) is 8.18. The van der Waals surface area contributed by atoms with Crippen molar-refractivity contribution in [1.29, 1.82) is 0 Å². The standard InChI is InChI=1S/C19H22N2O2.ClH/c1-13-3-6-18(7-14(13)2)23-12-19(22)21-9-15-4-5-16-10-20-11-17(16)8-15;/h3-8,20H,9-12H2,1-2H3,(H,21,22);1H. The molecule has 0 radical (unpaired) electrons. The molecule has 3 rings (SSSR count). The lowest BCUT2D eigenvalue weighted by molar-refractivity contribution is -0.123. The van der Waals surface area contributed by atoms with E-state index in [2.05, 4.69) is 35.8 Å². The normalized spacial score (nSPS) is 12.2. The minimum atomic E-state index is -0.109. The highest BCUT2D eigenvalue weighted by atomic mass is 35.5. The summed E-state index contributed by atoms with van der Waals surface area (Å²) in [5, 5.41) is 6.22. The summed E-state index contributed by atoms with van der Waals surface area (Å²) in [6.07, 6.45) is 0. The van der Waals surface area contributed by atoms with Crippen molar-refractivity contribution in [3.63, 3.8) is 0 Å². The molecule has 0 atom stereocenters. The molecule has 1 amide bonds. The fourth-order valence-corrected chi connectivity index (χ4v) is 2.66. The van der Waals surface area contributed by atoms with Gasteiger partial charge in [-0.1, -0.05) is 24.3 Å². The first-order valence-corrected chi connectivity index (χ1v) is 7.90. The molecule has 1 heterocycles. The molecule has 5 heteroatoms. The van der Waals surface area contributed by atoms with Crippen LogP contribution >= 0.6 is 12.4 Å². The van der Waals surface area contributed by atoms with Crippen LogP contribution in [-0.2, 0) is 24.4 Å². The first-order valence-electron chi connectivity index (χ1n) is 7.90. The molecule has 0 saturated heterocycles. The van der Waals surface area contributed by atoms with Crippen molar-refractivity contribution in [3.8, 4) is 5.75 Å². The van der Waals surface area contributed by atoms with Gasteiger partial charge in [-0.05, 0) is 53.8 Å². The van der Waals surface area contributed by atoms with Crippen LogP contribution in [0.3, 0.4) is 0 Å². The molecule has 0 bridgehead atoms. The van der Waals surface area contributed by atoms with Gasteiger partial charge >= 0.3 is 0 Å². The molecule has 0 saturated carbocycles. The monoisotopic (exact) mass is 346 g/mol. The van der Waals surface area contributed by atoms with Gasteiger partial charge in [-0.15, -0.1) is 12.4 Å². The van der Waals surface area contributed by atoms with Crippen molar-refractivity contribution in [3.05, 3.63) is 64.2 Å². The van der Waals surface area contributed by atoms with Gasteiger partial charge in [0, 0.05) is 19.6 Å². The number of benzene rings is 2. The molecule has 24 heavy (non-hydrogen) atoms. The molecule has 1 aliphatic heterocycles. The van der Waals surface area contributed by atoms with Gasteiger partial charge in [-0.2, -0.15) is 0 Å². The summed E-state index contributed by atoms with van der Waals surface area (Å²) in [7, 11) is 0. The van der Waals surface area contributed by atoms with E-state index in [0.29, 0.717) is 6.54 Å². The fraction of sp³-hybridized carbons (Fsp3) is 0.316. The van der Waals surface area contributed by atoms with E-state index < -0.39 is 0 Å². The number of rotatable bonds is 5. The van der Waals surface area contributed by atoms with Gasteiger partial charge < -0.3 is 15.4 Å². The zero-order valence-corrected chi connectivity index (χ0v) is 14.8. The van der Waals surface area contributed by atoms with Crippen molar-refractivity contribution in [2.24, 2.45) is 0 Å². The summed E-state index contributed by atoms with van der Waals surface area (Å²) in [6.45, 7) is 6.50. The highest BCUT2D eigenvalue weighted by Gasteiger charge is 2.10. The molecule has 4 nitrogen and oxygen atoms in total. The highest BCUT2D eigenvalue weighted by molar-refractivity contribution is 5.85. The number of nitrogens with one attached hydrogen (secondary N) is 2. The van der Waals surface area contributed by atoms with Crippen LogP contribution in [0.15, 0.2) is 36.4 Å². The molecular formula is C19H23ClN2O2. The third-order valence-corrected chi connectivity index (χ3v) is 4.24. The van der Waals surface area contributed by atoms with Crippen LogP contribution < -0.4 is 15.4 Å². The maximum Gasteiger partial charge on any atom is 0.258 e. The molecule has 128 valence electrons. The minimum Gasteiger partial charge on any atom is -0.484 e. The van der Waals surface area contributed by atoms with Crippen molar-refractivity contribution >= 4 is 18.3 Å². The third-order valence-electron chi connectivity index (χ3n) is 4.24. The van der Waals surface area contributed by atoms with Gasteiger partial charge in [0.2, 0.25) is 0 Å². The van der Waals surface area contributed by atoms with Crippen molar-refractivity contribution in [1.82, 2.24) is 10.6 Å². The van der Waals surface area contributed by atoms with E-state index in [4.69, 9.17) is 4.74 Å². The molecule has 0 unspecified atom stereocenters. The van der Waals surface area contributed by atoms with Crippen molar-refractivity contribution in [2.75, 3.05) is 6.61 Å². The number of fused-ring (bicyclic) bond motifs is 1. The SMILES string of the molecule is Cc1ccc(OCC(=O)NCc2ccc3c(c2)CNC3)cc1C.Cl. The number of amides is 1. The van der Waals surface area contributed by atoms with E-state index in [1.54, 1.807) is 0 Å². The van der Waals surface area contributed by atoms with Gasteiger partial charge in [0.05, 0.1) is 0 Å². The summed E-state index contributed by atoms with van der Waals surface area (Å²) >= 11 is 0. The number of halogens is 1. The molecule has 2 N–H and O–H groups in total. The third kappa shape index (κ3) is 4.49. The second-order valence-electron chi connectivity index (χ2n) is 6.02. The van der Waals surface area contributed by atoms with Gasteiger partial charge in [0.15, 0.2) is 6.61 Å². The quantitative estimate of drug-likeness (QED) is 0.875. The summed E-state index contributed by atoms with van der Waals surface area (Å²) in [4.78, 5) is 11.9. The summed E-state index contributed by atoms with van der Waals surface area (Å²) in [5.41, 5.74) is 6.16. The predicted molar refractivity (Wildman–Crippen MR) is 97.5 cm³/mol. The Morgan fingerprint density at radius 3 is 2.67 bits per heavy atom. The van der Waals surface area contributed by atoms with Crippen LogP contribution in [0.4, 0.5) is 0 Å². The minimum absolute atomic E-state index is 0. The van der Waals surface area contributed by atoms with Gasteiger partial charge in [0.25, 0.3) is 5.91 Å². The lowest BCUT2D eigenvalue weighted by Gasteiger charge is -2.10. The van der Waals surface area contributed by atoms with Crippen molar-refractivity contribution in [2.45, 2.75) is 33.5 Å². The molecule has 0 aliphatic carbocycles. The zero-order valence-electron chi connectivity index (χ0n) is 14.0. The van der Waals surface area contributed by atoms with Crippen LogP contribution in [-0.4, -0.2) is 12.5 Å². The average molecular weight is 347 g/mol. The Morgan fingerprint density at radius 1 is 1.08 bits per heavy atom. The maximum atomic E-state index is 11.9. The predicted octanol–water partition coefficient (Wildman–Crippen LogP) is 3.02. The Morgan fingerprint density at radius 2 is 1.88 bits per heavy atom. The number of carbonyl (C=O) groups excluding carboxylic acids is 1. The summed E-state index contributed by atoms with van der Waals surface area (Å²) < 4.78 is 5.54. The number of carbonyl (C=O) groups is 1. The highest BCUT2D eigenvalue weighted by Crippen LogP contribution is 2.17. The molecular weight excluding hydrogens is 324 g/mol. The number of aryl methyl sites for hydroxylation is 2.